The van der Waals surface area contributed by atoms with E-state index in [1.165, 1.54) is 0 Å². The van der Waals surface area contributed by atoms with Crippen LogP contribution < -0.4 is 11.1 Å². The number of amides is 2. The Labute approximate surface area is 161 Å². The Morgan fingerprint density at radius 2 is 1.71 bits per heavy atom. The van der Waals surface area contributed by atoms with Crippen molar-refractivity contribution in [1.29, 1.82) is 0 Å². The number of primary amides is 1. The van der Waals surface area contributed by atoms with Crippen LogP contribution in [0.15, 0.2) is 79.1 Å². The van der Waals surface area contributed by atoms with E-state index in [0.717, 1.165) is 16.5 Å². The zero-order valence-corrected chi connectivity index (χ0v) is 14.8. The Kier molecular flexibility index (Phi) is 4.51. The minimum Gasteiger partial charge on any atom is -0.366 e. The van der Waals surface area contributed by atoms with Gasteiger partial charge in [0.25, 0.3) is 5.91 Å². The largest absolute Gasteiger partial charge is 0.366 e. The Balaban J connectivity index is 1.74. The lowest BCUT2D eigenvalue weighted by molar-refractivity contribution is 0.0998. The van der Waals surface area contributed by atoms with Crippen LogP contribution in [-0.4, -0.2) is 21.8 Å². The quantitative estimate of drug-likeness (QED) is 0.574. The Bertz CT molecular complexity index is 1170. The Morgan fingerprint density at radius 1 is 0.929 bits per heavy atom. The fraction of sp³-hybridized carbons (Fsp3) is 0. The number of nitrogens with zero attached hydrogens (tertiary/aromatic N) is 2. The number of hydrogen-bond acceptors (Lipinski definition) is 4. The first-order valence-corrected chi connectivity index (χ1v) is 8.63. The fourth-order valence-electron chi connectivity index (χ4n) is 2.94. The highest BCUT2D eigenvalue weighted by molar-refractivity contribution is 6.13. The van der Waals surface area contributed by atoms with E-state index < -0.39 is 5.91 Å². The summed E-state index contributed by atoms with van der Waals surface area (Å²) in [5.74, 6) is -0.783. The molecular weight excluding hydrogens is 352 g/mol. The SMILES string of the molecule is NC(=O)c1ccc(NC(=O)c2cc(-c3cccnc3)nc3ccccc23)cc1. The summed E-state index contributed by atoms with van der Waals surface area (Å²) in [6.07, 6.45) is 3.40. The van der Waals surface area contributed by atoms with Crippen LogP contribution in [0.5, 0.6) is 0 Å². The van der Waals surface area contributed by atoms with Gasteiger partial charge in [-0.3, -0.25) is 14.6 Å². The number of carbonyl (C=O) groups excluding carboxylic acids is 2. The van der Waals surface area contributed by atoms with Crippen molar-refractivity contribution in [2.24, 2.45) is 5.73 Å². The molecule has 0 fully saturated rings. The van der Waals surface area contributed by atoms with Gasteiger partial charge in [-0.2, -0.15) is 0 Å². The summed E-state index contributed by atoms with van der Waals surface area (Å²) in [6.45, 7) is 0. The topological polar surface area (TPSA) is 98.0 Å². The third kappa shape index (κ3) is 3.43. The summed E-state index contributed by atoms with van der Waals surface area (Å²) in [7, 11) is 0. The number of nitrogens with one attached hydrogen (secondary N) is 1. The number of carbonyl (C=O) groups is 2. The number of para-hydroxylation sites is 1. The molecule has 0 saturated carbocycles. The molecule has 6 heteroatoms. The van der Waals surface area contributed by atoms with Crippen LogP contribution in [0.2, 0.25) is 0 Å². The van der Waals surface area contributed by atoms with Crippen molar-refractivity contribution < 1.29 is 9.59 Å². The van der Waals surface area contributed by atoms with Gasteiger partial charge in [-0.15, -0.1) is 0 Å². The van der Waals surface area contributed by atoms with Crippen LogP contribution in [0.1, 0.15) is 20.7 Å². The third-order valence-corrected chi connectivity index (χ3v) is 4.35. The van der Waals surface area contributed by atoms with Crippen molar-refractivity contribution in [3.63, 3.8) is 0 Å². The van der Waals surface area contributed by atoms with E-state index in [1.54, 1.807) is 42.7 Å². The molecule has 0 bridgehead atoms. The summed E-state index contributed by atoms with van der Waals surface area (Å²) < 4.78 is 0. The number of hydrogen-bond donors (Lipinski definition) is 2. The van der Waals surface area contributed by atoms with E-state index in [1.807, 2.05) is 36.4 Å². The van der Waals surface area contributed by atoms with E-state index >= 15 is 0 Å². The normalized spacial score (nSPS) is 10.6. The second-order valence-corrected chi connectivity index (χ2v) is 6.21. The predicted molar refractivity (Wildman–Crippen MR) is 108 cm³/mol. The van der Waals surface area contributed by atoms with Gasteiger partial charge in [0.15, 0.2) is 0 Å². The zero-order chi connectivity index (χ0) is 19.5. The molecule has 0 spiro atoms. The number of aromatic nitrogens is 2. The molecule has 136 valence electrons. The van der Waals surface area contributed by atoms with Gasteiger partial charge in [-0.1, -0.05) is 18.2 Å². The molecular formula is C22H16N4O2. The maximum absolute atomic E-state index is 13.0. The molecule has 0 aliphatic heterocycles. The minimum absolute atomic E-state index is 0.268. The van der Waals surface area contributed by atoms with Gasteiger partial charge in [0.05, 0.1) is 16.8 Å². The number of fused-ring (bicyclic) bond motifs is 1. The lowest BCUT2D eigenvalue weighted by Gasteiger charge is -2.11. The van der Waals surface area contributed by atoms with E-state index in [4.69, 9.17) is 5.73 Å². The van der Waals surface area contributed by atoms with Crippen LogP contribution in [0.3, 0.4) is 0 Å². The van der Waals surface area contributed by atoms with E-state index in [9.17, 15) is 9.59 Å². The third-order valence-electron chi connectivity index (χ3n) is 4.35. The molecule has 2 aromatic carbocycles. The van der Waals surface area contributed by atoms with Gasteiger partial charge in [0, 0.05) is 34.6 Å². The van der Waals surface area contributed by atoms with Gasteiger partial charge in [-0.25, -0.2) is 4.98 Å². The van der Waals surface area contributed by atoms with Crippen LogP contribution in [0.25, 0.3) is 22.2 Å². The second kappa shape index (κ2) is 7.28. The average molecular weight is 368 g/mol. The molecule has 0 aliphatic carbocycles. The van der Waals surface area contributed by atoms with Crippen LogP contribution in [-0.2, 0) is 0 Å². The molecule has 4 aromatic rings. The molecule has 28 heavy (non-hydrogen) atoms. The van der Waals surface area contributed by atoms with Crippen LogP contribution >= 0.6 is 0 Å². The van der Waals surface area contributed by atoms with Crippen molar-refractivity contribution in [2.45, 2.75) is 0 Å². The standard InChI is InChI=1S/C22H16N4O2/c23-21(27)14-7-9-16(10-8-14)25-22(28)18-12-20(15-4-3-11-24-13-15)26-19-6-2-1-5-17(18)19/h1-13H,(H2,23,27)(H,25,28). The lowest BCUT2D eigenvalue weighted by atomic mass is 10.0. The smallest absolute Gasteiger partial charge is 0.256 e. The molecule has 4 rings (SSSR count). The maximum Gasteiger partial charge on any atom is 0.256 e. The van der Waals surface area contributed by atoms with Gasteiger partial charge in [0.2, 0.25) is 5.91 Å². The summed E-state index contributed by atoms with van der Waals surface area (Å²) in [4.78, 5) is 33.0. The zero-order valence-electron chi connectivity index (χ0n) is 14.8. The van der Waals surface area contributed by atoms with Crippen molar-refractivity contribution in [3.8, 4) is 11.3 Å². The van der Waals surface area contributed by atoms with Crippen molar-refractivity contribution in [2.75, 3.05) is 5.32 Å². The fourth-order valence-corrected chi connectivity index (χ4v) is 2.94. The Morgan fingerprint density at radius 3 is 2.43 bits per heavy atom. The summed E-state index contributed by atoms with van der Waals surface area (Å²) in [5.41, 5.74) is 8.92. The first-order chi connectivity index (χ1) is 13.6. The summed E-state index contributed by atoms with van der Waals surface area (Å²) in [6, 6.07) is 19.4. The number of rotatable bonds is 4. The van der Waals surface area contributed by atoms with Crippen molar-refractivity contribution in [1.82, 2.24) is 9.97 Å². The highest BCUT2D eigenvalue weighted by Gasteiger charge is 2.14. The molecule has 0 atom stereocenters. The number of pyridine rings is 2. The highest BCUT2D eigenvalue weighted by Crippen LogP contribution is 2.25. The van der Waals surface area contributed by atoms with Gasteiger partial charge >= 0.3 is 0 Å². The number of anilines is 1. The van der Waals surface area contributed by atoms with Crippen molar-refractivity contribution in [3.05, 3.63) is 90.3 Å². The van der Waals surface area contributed by atoms with Crippen molar-refractivity contribution >= 4 is 28.4 Å². The first-order valence-electron chi connectivity index (χ1n) is 8.63. The van der Waals surface area contributed by atoms with Crippen LogP contribution in [0.4, 0.5) is 5.69 Å². The minimum atomic E-state index is -0.515. The molecule has 2 heterocycles. The second-order valence-electron chi connectivity index (χ2n) is 6.21. The maximum atomic E-state index is 13.0. The van der Waals surface area contributed by atoms with Gasteiger partial charge in [-0.05, 0) is 48.5 Å². The van der Waals surface area contributed by atoms with Gasteiger partial charge < -0.3 is 11.1 Å². The predicted octanol–water partition coefficient (Wildman–Crippen LogP) is 3.65. The number of nitrogens with two attached hydrogens (primary N) is 1. The molecule has 0 saturated heterocycles. The number of benzene rings is 2. The molecule has 6 nitrogen and oxygen atoms in total. The van der Waals surface area contributed by atoms with E-state index in [0.29, 0.717) is 22.5 Å². The molecule has 3 N–H and O–H groups in total. The summed E-state index contributed by atoms with van der Waals surface area (Å²) >= 11 is 0. The lowest BCUT2D eigenvalue weighted by Crippen LogP contribution is -2.14. The highest BCUT2D eigenvalue weighted by atomic mass is 16.2. The molecule has 0 aliphatic rings. The average Bonchev–Trinajstić information content (AvgIpc) is 2.74. The van der Waals surface area contributed by atoms with E-state index in [2.05, 4.69) is 15.3 Å². The molecule has 0 radical (unpaired) electrons. The molecule has 2 amide bonds. The first kappa shape index (κ1) is 17.4. The summed E-state index contributed by atoms with van der Waals surface area (Å²) in [5, 5.41) is 3.61. The Hall–Kier alpha value is -4.06. The monoisotopic (exact) mass is 368 g/mol. The van der Waals surface area contributed by atoms with Crippen LogP contribution in [0, 0.1) is 0 Å². The van der Waals surface area contributed by atoms with E-state index in [-0.39, 0.29) is 5.91 Å². The van der Waals surface area contributed by atoms with Gasteiger partial charge in [0.1, 0.15) is 0 Å². The molecule has 2 aromatic heterocycles. The molecule has 0 unspecified atom stereocenters.